The highest BCUT2D eigenvalue weighted by atomic mass is 35.5. The molecule has 0 spiro atoms. The van der Waals surface area contributed by atoms with E-state index >= 15 is 0 Å². The highest BCUT2D eigenvalue weighted by molar-refractivity contribution is 7.99. The lowest BCUT2D eigenvalue weighted by atomic mass is 10.2. The molecule has 122 valence electrons. The summed E-state index contributed by atoms with van der Waals surface area (Å²) in [7, 11) is 0. The van der Waals surface area contributed by atoms with Crippen LogP contribution in [0.25, 0.3) is 5.69 Å². The summed E-state index contributed by atoms with van der Waals surface area (Å²) in [6.07, 6.45) is 3.09. The summed E-state index contributed by atoms with van der Waals surface area (Å²) in [6, 6.07) is 14.9. The number of carbonyl (C=O) groups excluding carboxylic acids is 1. The first-order chi connectivity index (χ1) is 11.7. The largest absolute Gasteiger partial charge is 0.351 e. The Morgan fingerprint density at radius 3 is 2.54 bits per heavy atom. The monoisotopic (exact) mass is 358 g/mol. The van der Waals surface area contributed by atoms with Gasteiger partial charge in [0.15, 0.2) is 0 Å². The van der Waals surface area contributed by atoms with Crippen LogP contribution in [0.1, 0.15) is 10.4 Å². The Morgan fingerprint density at radius 2 is 1.88 bits per heavy atom. The van der Waals surface area contributed by atoms with Crippen LogP contribution in [0.3, 0.4) is 0 Å². The van der Waals surface area contributed by atoms with Gasteiger partial charge < -0.3 is 5.32 Å². The van der Waals surface area contributed by atoms with Gasteiger partial charge in [-0.25, -0.2) is 9.67 Å². The Kier molecular flexibility index (Phi) is 5.51. The second-order valence-corrected chi connectivity index (χ2v) is 6.55. The van der Waals surface area contributed by atoms with Gasteiger partial charge in [-0.1, -0.05) is 11.6 Å². The number of hydrogen-bond donors (Lipinski definition) is 1. The Balaban J connectivity index is 1.47. The number of amides is 1. The zero-order valence-corrected chi connectivity index (χ0v) is 14.3. The van der Waals surface area contributed by atoms with E-state index in [1.807, 2.05) is 36.4 Å². The normalized spacial score (nSPS) is 10.5. The van der Waals surface area contributed by atoms with Crippen molar-refractivity contribution in [1.29, 1.82) is 0 Å². The Bertz CT molecular complexity index is 788. The lowest BCUT2D eigenvalue weighted by Gasteiger charge is -2.06. The van der Waals surface area contributed by atoms with Gasteiger partial charge in [-0.15, -0.1) is 11.8 Å². The molecular formula is C17H15ClN4OS. The van der Waals surface area contributed by atoms with E-state index in [1.54, 1.807) is 34.9 Å². The van der Waals surface area contributed by atoms with Crippen LogP contribution in [0.15, 0.2) is 66.1 Å². The molecule has 0 aliphatic heterocycles. The lowest BCUT2D eigenvalue weighted by molar-refractivity contribution is 0.0956. The molecule has 3 aromatic rings. The number of carbonyl (C=O) groups is 1. The summed E-state index contributed by atoms with van der Waals surface area (Å²) >= 11 is 7.53. The minimum atomic E-state index is -0.0863. The summed E-state index contributed by atoms with van der Waals surface area (Å²) in [5, 5.41) is 7.69. The van der Waals surface area contributed by atoms with E-state index < -0.39 is 0 Å². The Hall–Kier alpha value is -2.31. The fourth-order valence-corrected chi connectivity index (χ4v) is 2.97. The van der Waals surface area contributed by atoms with Crippen LogP contribution in [0.4, 0.5) is 0 Å². The van der Waals surface area contributed by atoms with Crippen LogP contribution in [0.5, 0.6) is 0 Å². The van der Waals surface area contributed by atoms with E-state index in [0.29, 0.717) is 12.1 Å². The summed E-state index contributed by atoms with van der Waals surface area (Å²) < 4.78 is 1.64. The molecule has 3 rings (SSSR count). The van der Waals surface area contributed by atoms with Crippen LogP contribution in [-0.4, -0.2) is 33.0 Å². The van der Waals surface area contributed by atoms with Gasteiger partial charge in [0.2, 0.25) is 0 Å². The maximum atomic E-state index is 12.1. The van der Waals surface area contributed by atoms with Gasteiger partial charge >= 0.3 is 0 Å². The topological polar surface area (TPSA) is 59.8 Å². The highest BCUT2D eigenvalue weighted by Gasteiger charge is 2.05. The number of halogens is 1. The van der Waals surface area contributed by atoms with Gasteiger partial charge in [-0.3, -0.25) is 4.79 Å². The average Bonchev–Trinajstić information content (AvgIpc) is 3.15. The number of hydrogen-bond acceptors (Lipinski definition) is 4. The molecule has 0 fully saturated rings. The van der Waals surface area contributed by atoms with E-state index in [0.717, 1.165) is 21.4 Å². The molecule has 5 nitrogen and oxygen atoms in total. The average molecular weight is 359 g/mol. The van der Waals surface area contributed by atoms with Gasteiger partial charge in [0.05, 0.1) is 5.69 Å². The van der Waals surface area contributed by atoms with Gasteiger partial charge in [0, 0.05) is 27.8 Å². The molecule has 2 aromatic carbocycles. The molecule has 1 N–H and O–H groups in total. The zero-order chi connectivity index (χ0) is 16.8. The number of nitrogens with one attached hydrogen (secondary N) is 1. The maximum Gasteiger partial charge on any atom is 0.251 e. The fourth-order valence-electron chi connectivity index (χ4n) is 2.07. The van der Waals surface area contributed by atoms with Crippen molar-refractivity contribution in [2.45, 2.75) is 4.90 Å². The SMILES string of the molecule is O=C(NCCSc1ccc(Cl)cc1)c1ccc(-n2cncn2)cc1. The molecule has 0 saturated carbocycles. The smallest absolute Gasteiger partial charge is 0.251 e. The van der Waals surface area contributed by atoms with E-state index in [2.05, 4.69) is 15.4 Å². The van der Waals surface area contributed by atoms with Gasteiger partial charge in [-0.05, 0) is 48.5 Å². The third kappa shape index (κ3) is 4.37. The molecule has 0 atom stereocenters. The van der Waals surface area contributed by atoms with Crippen LogP contribution < -0.4 is 5.32 Å². The van der Waals surface area contributed by atoms with Crippen LogP contribution in [0.2, 0.25) is 5.02 Å². The van der Waals surface area contributed by atoms with E-state index in [-0.39, 0.29) is 5.91 Å². The summed E-state index contributed by atoms with van der Waals surface area (Å²) in [6.45, 7) is 0.594. The minimum absolute atomic E-state index is 0.0863. The minimum Gasteiger partial charge on any atom is -0.351 e. The standard InChI is InChI=1S/C17H15ClN4OS/c18-14-3-7-16(8-4-14)24-10-9-20-17(23)13-1-5-15(6-2-13)22-12-19-11-21-22/h1-8,11-12H,9-10H2,(H,20,23). The Morgan fingerprint density at radius 1 is 1.12 bits per heavy atom. The zero-order valence-electron chi connectivity index (χ0n) is 12.7. The number of nitrogens with zero attached hydrogens (tertiary/aromatic N) is 3. The number of thioether (sulfide) groups is 1. The van der Waals surface area contributed by atoms with E-state index in [4.69, 9.17) is 11.6 Å². The third-order valence-corrected chi connectivity index (χ3v) is 4.55. The fraction of sp³-hybridized carbons (Fsp3) is 0.118. The first-order valence-electron chi connectivity index (χ1n) is 7.34. The molecule has 1 amide bonds. The van der Waals surface area contributed by atoms with Crippen LogP contribution in [0, 0.1) is 0 Å². The Labute approximate surface area is 149 Å². The van der Waals surface area contributed by atoms with Gasteiger partial charge in [-0.2, -0.15) is 5.10 Å². The molecule has 0 unspecified atom stereocenters. The first-order valence-corrected chi connectivity index (χ1v) is 8.70. The second-order valence-electron chi connectivity index (χ2n) is 4.95. The molecule has 0 radical (unpaired) electrons. The van der Waals surface area contributed by atoms with Crippen molar-refractivity contribution in [3.05, 3.63) is 71.8 Å². The summed E-state index contributed by atoms with van der Waals surface area (Å²) in [4.78, 5) is 17.2. The van der Waals surface area contributed by atoms with Crippen molar-refractivity contribution in [3.63, 3.8) is 0 Å². The molecular weight excluding hydrogens is 344 g/mol. The van der Waals surface area contributed by atoms with Crippen molar-refractivity contribution in [3.8, 4) is 5.69 Å². The molecule has 1 heterocycles. The molecule has 0 aliphatic carbocycles. The van der Waals surface area contributed by atoms with Crippen molar-refractivity contribution in [1.82, 2.24) is 20.1 Å². The van der Waals surface area contributed by atoms with Gasteiger partial charge in [0.1, 0.15) is 12.7 Å². The molecule has 7 heteroatoms. The second kappa shape index (κ2) is 7.99. The molecule has 0 aliphatic rings. The van der Waals surface area contributed by atoms with Crippen molar-refractivity contribution in [2.24, 2.45) is 0 Å². The molecule has 0 saturated heterocycles. The van der Waals surface area contributed by atoms with Crippen LogP contribution >= 0.6 is 23.4 Å². The molecule has 24 heavy (non-hydrogen) atoms. The summed E-state index contributed by atoms with van der Waals surface area (Å²) in [5.41, 5.74) is 1.48. The molecule has 1 aromatic heterocycles. The maximum absolute atomic E-state index is 12.1. The predicted octanol–water partition coefficient (Wildman–Crippen LogP) is 3.44. The quantitative estimate of drug-likeness (QED) is 0.541. The summed E-state index contributed by atoms with van der Waals surface area (Å²) in [5.74, 6) is 0.710. The van der Waals surface area contributed by atoms with Gasteiger partial charge in [0.25, 0.3) is 5.91 Å². The highest BCUT2D eigenvalue weighted by Crippen LogP contribution is 2.19. The van der Waals surface area contributed by atoms with Crippen LogP contribution in [-0.2, 0) is 0 Å². The van der Waals surface area contributed by atoms with E-state index in [9.17, 15) is 4.79 Å². The third-order valence-electron chi connectivity index (χ3n) is 3.28. The van der Waals surface area contributed by atoms with Crippen molar-refractivity contribution >= 4 is 29.3 Å². The number of benzene rings is 2. The number of rotatable bonds is 6. The van der Waals surface area contributed by atoms with Crippen molar-refractivity contribution in [2.75, 3.05) is 12.3 Å². The first kappa shape index (κ1) is 16.5. The van der Waals surface area contributed by atoms with E-state index in [1.165, 1.54) is 6.33 Å². The predicted molar refractivity (Wildman–Crippen MR) is 95.9 cm³/mol. The van der Waals surface area contributed by atoms with Crippen molar-refractivity contribution < 1.29 is 4.79 Å². The lowest BCUT2D eigenvalue weighted by Crippen LogP contribution is -2.25. The number of aromatic nitrogens is 3. The molecule has 0 bridgehead atoms.